The van der Waals surface area contributed by atoms with Crippen LogP contribution in [0, 0.1) is 5.92 Å². The Hall–Kier alpha value is -3.28. The zero-order chi connectivity index (χ0) is 21.5. The number of pyridine rings is 1. The van der Waals surface area contributed by atoms with Crippen molar-refractivity contribution in [3.8, 4) is 28.5 Å². The molecule has 0 atom stereocenters. The molecular formula is C25H27N2O4+. The molecule has 5 rings (SSSR count). The molecule has 1 aromatic heterocycles. The van der Waals surface area contributed by atoms with Gasteiger partial charge in [0.25, 0.3) is 0 Å². The number of carbonyl (C=O) groups excluding carboxylic acids is 1. The van der Waals surface area contributed by atoms with Gasteiger partial charge in [-0.15, -0.1) is 0 Å². The third-order valence-corrected chi connectivity index (χ3v) is 6.58. The van der Waals surface area contributed by atoms with Crippen LogP contribution in [0.25, 0.3) is 22.0 Å². The number of benzene rings is 2. The molecule has 2 aromatic carbocycles. The molecule has 1 N–H and O–H groups in total. The van der Waals surface area contributed by atoms with Crippen LogP contribution in [0.5, 0.6) is 17.2 Å². The average molecular weight is 420 g/mol. The second-order valence-electron chi connectivity index (χ2n) is 8.23. The van der Waals surface area contributed by atoms with Crippen molar-refractivity contribution < 1.29 is 23.6 Å². The molecule has 1 aliphatic carbocycles. The van der Waals surface area contributed by atoms with Crippen LogP contribution in [0.15, 0.2) is 36.5 Å². The maximum absolute atomic E-state index is 12.7. The number of aromatic nitrogens is 1. The molecule has 6 nitrogen and oxygen atoms in total. The lowest BCUT2D eigenvalue weighted by Crippen LogP contribution is -2.40. The number of nitrogens with one attached hydrogen (secondary N) is 1. The summed E-state index contributed by atoms with van der Waals surface area (Å²) in [5.74, 6) is 2.35. The lowest BCUT2D eigenvalue weighted by atomic mass is 9.84. The van der Waals surface area contributed by atoms with Gasteiger partial charge in [0.15, 0.2) is 24.2 Å². The number of rotatable bonds is 5. The molecule has 2 aliphatic rings. The molecule has 0 unspecified atom stereocenters. The van der Waals surface area contributed by atoms with Crippen molar-refractivity contribution in [2.75, 3.05) is 26.6 Å². The minimum atomic E-state index is 0.0851. The van der Waals surface area contributed by atoms with Crippen molar-refractivity contribution in [3.05, 3.63) is 42.1 Å². The molecule has 1 amide bonds. The Bertz CT molecular complexity index is 1180. The van der Waals surface area contributed by atoms with E-state index in [1.807, 2.05) is 18.2 Å². The second kappa shape index (κ2) is 7.76. The van der Waals surface area contributed by atoms with Crippen LogP contribution in [-0.2, 0) is 17.8 Å². The molecule has 1 saturated carbocycles. The van der Waals surface area contributed by atoms with E-state index in [0.717, 1.165) is 71.4 Å². The summed E-state index contributed by atoms with van der Waals surface area (Å²) in [6.07, 6.45) is 6.08. The van der Waals surface area contributed by atoms with E-state index in [1.54, 1.807) is 21.3 Å². The van der Waals surface area contributed by atoms with E-state index in [1.165, 1.54) is 5.56 Å². The SMILES string of the molecule is COc1cc2c(cc1OC)-c1cc3ccc(OC)c(NC(=O)C4CCC4)c3c[n+]1CC2. The summed E-state index contributed by atoms with van der Waals surface area (Å²) in [7, 11) is 4.96. The van der Waals surface area contributed by atoms with Crippen LogP contribution in [0.2, 0.25) is 0 Å². The van der Waals surface area contributed by atoms with Gasteiger partial charge in [0.05, 0.1) is 38.0 Å². The van der Waals surface area contributed by atoms with Crippen molar-refractivity contribution in [1.29, 1.82) is 0 Å². The highest BCUT2D eigenvalue weighted by atomic mass is 16.5. The number of anilines is 1. The molecule has 1 aliphatic heterocycles. The predicted molar refractivity (Wildman–Crippen MR) is 119 cm³/mol. The van der Waals surface area contributed by atoms with Gasteiger partial charge in [0, 0.05) is 18.4 Å². The number of hydrogen-bond donors (Lipinski definition) is 1. The molecule has 2 heterocycles. The first-order valence-corrected chi connectivity index (χ1v) is 10.7. The van der Waals surface area contributed by atoms with E-state index in [-0.39, 0.29) is 11.8 Å². The van der Waals surface area contributed by atoms with Gasteiger partial charge in [0.1, 0.15) is 5.75 Å². The van der Waals surface area contributed by atoms with Crippen LogP contribution < -0.4 is 24.1 Å². The fourth-order valence-electron chi connectivity index (χ4n) is 4.56. The highest BCUT2D eigenvalue weighted by molar-refractivity contribution is 6.05. The number of methoxy groups -OCH3 is 3. The van der Waals surface area contributed by atoms with Crippen molar-refractivity contribution in [1.82, 2.24) is 0 Å². The predicted octanol–water partition coefficient (Wildman–Crippen LogP) is 4.11. The molecule has 3 aromatic rings. The molecule has 1 fully saturated rings. The summed E-state index contributed by atoms with van der Waals surface area (Å²) < 4.78 is 18.9. The third kappa shape index (κ3) is 3.26. The van der Waals surface area contributed by atoms with Gasteiger partial charge in [-0.2, -0.15) is 4.57 Å². The normalized spacial score (nSPS) is 14.9. The number of aryl methyl sites for hydroxylation is 2. The Kier molecular flexibility index (Phi) is 4.93. The lowest BCUT2D eigenvalue weighted by molar-refractivity contribution is -0.686. The zero-order valence-electron chi connectivity index (χ0n) is 18.2. The Morgan fingerprint density at radius 1 is 1.00 bits per heavy atom. The summed E-state index contributed by atoms with van der Waals surface area (Å²) in [6.45, 7) is 0.848. The molecule has 0 saturated heterocycles. The number of ether oxygens (including phenoxy) is 3. The quantitative estimate of drug-likeness (QED) is 0.632. The Morgan fingerprint density at radius 3 is 2.42 bits per heavy atom. The Labute approximate surface area is 181 Å². The van der Waals surface area contributed by atoms with Gasteiger partial charge in [-0.25, -0.2) is 0 Å². The van der Waals surface area contributed by atoms with Gasteiger partial charge in [-0.05, 0) is 42.0 Å². The van der Waals surface area contributed by atoms with Gasteiger partial charge in [-0.3, -0.25) is 4.79 Å². The van der Waals surface area contributed by atoms with E-state index < -0.39 is 0 Å². The smallest absolute Gasteiger partial charge is 0.227 e. The van der Waals surface area contributed by atoms with Crippen molar-refractivity contribution >= 4 is 22.4 Å². The van der Waals surface area contributed by atoms with Gasteiger partial charge < -0.3 is 19.5 Å². The Morgan fingerprint density at radius 2 is 1.74 bits per heavy atom. The van der Waals surface area contributed by atoms with E-state index in [9.17, 15) is 4.79 Å². The molecule has 6 heteroatoms. The molecule has 0 radical (unpaired) electrons. The lowest BCUT2D eigenvalue weighted by Gasteiger charge is -2.25. The highest BCUT2D eigenvalue weighted by Crippen LogP contribution is 2.40. The van der Waals surface area contributed by atoms with E-state index in [4.69, 9.17) is 14.2 Å². The number of carbonyl (C=O) groups is 1. The number of nitrogens with zero attached hydrogens (tertiary/aromatic N) is 1. The summed E-state index contributed by atoms with van der Waals surface area (Å²) in [4.78, 5) is 12.7. The van der Waals surface area contributed by atoms with Crippen LogP contribution in [-0.4, -0.2) is 27.2 Å². The minimum Gasteiger partial charge on any atom is -0.495 e. The molecule has 160 valence electrons. The summed E-state index contributed by atoms with van der Waals surface area (Å²) >= 11 is 0. The number of fused-ring (bicyclic) bond motifs is 4. The second-order valence-corrected chi connectivity index (χ2v) is 8.23. The first-order chi connectivity index (χ1) is 15.1. The van der Waals surface area contributed by atoms with Crippen LogP contribution in [0.3, 0.4) is 0 Å². The monoisotopic (exact) mass is 419 g/mol. The summed E-state index contributed by atoms with van der Waals surface area (Å²) in [5, 5.41) is 5.19. The number of amides is 1. The average Bonchev–Trinajstić information content (AvgIpc) is 2.75. The van der Waals surface area contributed by atoms with Crippen molar-refractivity contribution in [2.45, 2.75) is 32.2 Å². The van der Waals surface area contributed by atoms with E-state index in [0.29, 0.717) is 5.75 Å². The fraction of sp³-hybridized carbons (Fsp3) is 0.360. The van der Waals surface area contributed by atoms with Gasteiger partial charge in [0.2, 0.25) is 11.6 Å². The van der Waals surface area contributed by atoms with Crippen LogP contribution >= 0.6 is 0 Å². The molecular weight excluding hydrogens is 392 g/mol. The van der Waals surface area contributed by atoms with Gasteiger partial charge >= 0.3 is 0 Å². The third-order valence-electron chi connectivity index (χ3n) is 6.58. The van der Waals surface area contributed by atoms with Gasteiger partial charge in [-0.1, -0.05) is 12.5 Å². The van der Waals surface area contributed by atoms with E-state index in [2.05, 4.69) is 28.2 Å². The maximum atomic E-state index is 12.7. The van der Waals surface area contributed by atoms with Crippen LogP contribution in [0.4, 0.5) is 5.69 Å². The Balaban J connectivity index is 1.64. The first kappa shape index (κ1) is 19.7. The number of hydrogen-bond acceptors (Lipinski definition) is 4. The molecule has 31 heavy (non-hydrogen) atoms. The van der Waals surface area contributed by atoms with Crippen LogP contribution in [0.1, 0.15) is 24.8 Å². The van der Waals surface area contributed by atoms with E-state index >= 15 is 0 Å². The fourth-order valence-corrected chi connectivity index (χ4v) is 4.56. The molecule has 0 bridgehead atoms. The summed E-state index contributed by atoms with van der Waals surface area (Å²) in [6, 6.07) is 10.3. The summed E-state index contributed by atoms with van der Waals surface area (Å²) in [5.41, 5.74) is 4.26. The zero-order valence-corrected chi connectivity index (χ0v) is 18.2. The first-order valence-electron chi connectivity index (χ1n) is 10.7. The standard InChI is InChI=1S/C25H26N2O4/c1-29-21-8-7-16-11-20-18-13-23(31-3)22(30-2)12-17(18)9-10-27(20)14-19(16)24(21)26-25(28)15-5-4-6-15/h7-8,11-15H,4-6,9-10H2,1-3H3/p+1. The highest BCUT2D eigenvalue weighted by Gasteiger charge is 2.29. The largest absolute Gasteiger partial charge is 0.495 e. The minimum absolute atomic E-state index is 0.0851. The maximum Gasteiger partial charge on any atom is 0.227 e. The van der Waals surface area contributed by atoms with Crippen molar-refractivity contribution in [2.24, 2.45) is 5.92 Å². The molecule has 0 spiro atoms. The topological polar surface area (TPSA) is 60.7 Å². The van der Waals surface area contributed by atoms with Crippen molar-refractivity contribution in [3.63, 3.8) is 0 Å².